The molecule has 0 saturated heterocycles. The first-order valence-corrected chi connectivity index (χ1v) is 8.94. The topological polar surface area (TPSA) is 65.7 Å². The molecule has 1 heterocycles. The van der Waals surface area contributed by atoms with Crippen molar-refractivity contribution >= 4 is 16.9 Å². The number of carbonyl (C=O) groups excluding carboxylic acids is 1. The molecule has 1 aromatic heterocycles. The zero-order valence-corrected chi connectivity index (χ0v) is 15.7. The summed E-state index contributed by atoms with van der Waals surface area (Å²) < 4.78 is 16.0. The van der Waals surface area contributed by atoms with Crippen LogP contribution in [0.2, 0.25) is 0 Å². The predicted octanol–water partition coefficient (Wildman–Crippen LogP) is 4.35. The predicted molar refractivity (Wildman–Crippen MR) is 104 cm³/mol. The first-order valence-electron chi connectivity index (χ1n) is 8.94. The van der Waals surface area contributed by atoms with Crippen LogP contribution in [0.1, 0.15) is 25.8 Å². The lowest BCUT2D eigenvalue weighted by atomic mass is 9.98. The Morgan fingerprint density at radius 3 is 2.56 bits per heavy atom. The SMILES string of the molecule is CCCc1cc2c(-c3ccccc3)cc(=O)oc2cc1O[C@@H](C)C(=O)OC. The number of benzene rings is 2. The van der Waals surface area contributed by atoms with Crippen LogP contribution in [0.25, 0.3) is 22.1 Å². The monoisotopic (exact) mass is 366 g/mol. The Morgan fingerprint density at radius 1 is 1.15 bits per heavy atom. The summed E-state index contributed by atoms with van der Waals surface area (Å²) in [7, 11) is 1.32. The van der Waals surface area contributed by atoms with Crippen molar-refractivity contribution in [3.63, 3.8) is 0 Å². The van der Waals surface area contributed by atoms with Gasteiger partial charge in [-0.1, -0.05) is 43.7 Å². The molecule has 3 rings (SSSR count). The molecule has 0 aliphatic rings. The van der Waals surface area contributed by atoms with E-state index >= 15 is 0 Å². The average Bonchev–Trinajstić information content (AvgIpc) is 2.68. The van der Waals surface area contributed by atoms with Crippen LogP contribution in [0.3, 0.4) is 0 Å². The van der Waals surface area contributed by atoms with Crippen LogP contribution in [-0.4, -0.2) is 19.2 Å². The average molecular weight is 366 g/mol. The zero-order valence-electron chi connectivity index (χ0n) is 15.7. The van der Waals surface area contributed by atoms with Crippen molar-refractivity contribution < 1.29 is 18.7 Å². The largest absolute Gasteiger partial charge is 0.479 e. The molecule has 140 valence electrons. The second kappa shape index (κ2) is 8.08. The highest BCUT2D eigenvalue weighted by Crippen LogP contribution is 2.33. The van der Waals surface area contributed by atoms with E-state index < -0.39 is 17.7 Å². The molecular weight excluding hydrogens is 344 g/mol. The van der Waals surface area contributed by atoms with E-state index in [4.69, 9.17) is 13.9 Å². The summed E-state index contributed by atoms with van der Waals surface area (Å²) in [6, 6.07) is 14.9. The molecule has 0 spiro atoms. The molecule has 2 aromatic carbocycles. The molecule has 0 saturated carbocycles. The van der Waals surface area contributed by atoms with Gasteiger partial charge < -0.3 is 13.9 Å². The van der Waals surface area contributed by atoms with Gasteiger partial charge in [-0.3, -0.25) is 0 Å². The van der Waals surface area contributed by atoms with Crippen LogP contribution in [-0.2, 0) is 16.0 Å². The highest BCUT2D eigenvalue weighted by Gasteiger charge is 2.19. The van der Waals surface area contributed by atoms with Crippen LogP contribution in [0, 0.1) is 0 Å². The van der Waals surface area contributed by atoms with E-state index in [1.54, 1.807) is 13.0 Å². The lowest BCUT2D eigenvalue weighted by Crippen LogP contribution is -2.25. The van der Waals surface area contributed by atoms with Gasteiger partial charge in [-0.25, -0.2) is 9.59 Å². The number of rotatable bonds is 6. The molecule has 27 heavy (non-hydrogen) atoms. The van der Waals surface area contributed by atoms with E-state index in [9.17, 15) is 9.59 Å². The van der Waals surface area contributed by atoms with Crippen molar-refractivity contribution in [1.82, 2.24) is 0 Å². The van der Waals surface area contributed by atoms with Gasteiger partial charge in [-0.15, -0.1) is 0 Å². The fourth-order valence-corrected chi connectivity index (χ4v) is 3.07. The minimum Gasteiger partial charge on any atom is -0.479 e. The van der Waals surface area contributed by atoms with Gasteiger partial charge >= 0.3 is 11.6 Å². The Morgan fingerprint density at radius 2 is 1.89 bits per heavy atom. The minimum absolute atomic E-state index is 0.424. The van der Waals surface area contributed by atoms with Crippen molar-refractivity contribution in [3.8, 4) is 16.9 Å². The van der Waals surface area contributed by atoms with E-state index in [1.165, 1.54) is 13.2 Å². The van der Waals surface area contributed by atoms with Gasteiger partial charge in [0.1, 0.15) is 11.3 Å². The third kappa shape index (κ3) is 4.03. The van der Waals surface area contributed by atoms with Crippen molar-refractivity contribution in [1.29, 1.82) is 0 Å². The van der Waals surface area contributed by atoms with Gasteiger partial charge in [0, 0.05) is 17.5 Å². The molecule has 0 aliphatic carbocycles. The Labute approximate surface area is 157 Å². The standard InChI is InChI=1S/C22H22O5/c1-4-8-16-11-18-17(15-9-6-5-7-10-15)12-21(23)27-20(18)13-19(16)26-14(2)22(24)25-3/h5-7,9-14H,4,8H2,1-3H3/t14-/m0/s1. The first-order chi connectivity index (χ1) is 13.0. The number of fused-ring (bicyclic) bond motifs is 1. The minimum atomic E-state index is -0.757. The number of hydrogen-bond acceptors (Lipinski definition) is 5. The molecule has 3 aromatic rings. The van der Waals surface area contributed by atoms with Gasteiger partial charge in [0.25, 0.3) is 0 Å². The van der Waals surface area contributed by atoms with Gasteiger partial charge in [0.05, 0.1) is 7.11 Å². The van der Waals surface area contributed by atoms with Gasteiger partial charge in [-0.05, 0) is 36.1 Å². The number of hydrogen-bond donors (Lipinski definition) is 0. The lowest BCUT2D eigenvalue weighted by molar-refractivity contribution is -0.147. The summed E-state index contributed by atoms with van der Waals surface area (Å²) in [6.45, 7) is 3.70. The number of ether oxygens (including phenoxy) is 2. The number of aryl methyl sites for hydroxylation is 1. The second-order valence-corrected chi connectivity index (χ2v) is 6.33. The highest BCUT2D eigenvalue weighted by molar-refractivity contribution is 5.94. The number of esters is 1. The summed E-state index contributed by atoms with van der Waals surface area (Å²) >= 11 is 0. The molecule has 5 nitrogen and oxygen atoms in total. The molecule has 5 heteroatoms. The van der Waals surface area contributed by atoms with Gasteiger partial charge in [0.2, 0.25) is 0 Å². The summed E-state index contributed by atoms with van der Waals surface area (Å²) in [4.78, 5) is 23.8. The maximum atomic E-state index is 12.1. The molecule has 1 atom stereocenters. The van der Waals surface area contributed by atoms with Crippen LogP contribution in [0.5, 0.6) is 5.75 Å². The smallest absolute Gasteiger partial charge is 0.346 e. The highest BCUT2D eigenvalue weighted by atomic mass is 16.6. The second-order valence-electron chi connectivity index (χ2n) is 6.33. The van der Waals surface area contributed by atoms with E-state index in [0.29, 0.717) is 11.3 Å². The number of carbonyl (C=O) groups is 1. The van der Waals surface area contributed by atoms with Crippen LogP contribution < -0.4 is 10.4 Å². The summed E-state index contributed by atoms with van der Waals surface area (Å²) in [5, 5.41) is 0.835. The molecule has 0 radical (unpaired) electrons. The fraction of sp³-hybridized carbons (Fsp3) is 0.273. The van der Waals surface area contributed by atoms with Crippen molar-refractivity contribution in [2.45, 2.75) is 32.8 Å². The van der Waals surface area contributed by atoms with Crippen LogP contribution in [0.4, 0.5) is 0 Å². The Bertz CT molecular complexity index is 1000. The van der Waals surface area contributed by atoms with E-state index in [0.717, 1.165) is 34.9 Å². The molecule has 0 bridgehead atoms. The fourth-order valence-electron chi connectivity index (χ4n) is 3.07. The first kappa shape index (κ1) is 18.7. The zero-order chi connectivity index (χ0) is 19.4. The van der Waals surface area contributed by atoms with E-state index in [-0.39, 0.29) is 0 Å². The molecule has 0 N–H and O–H groups in total. The van der Waals surface area contributed by atoms with Gasteiger partial charge in [0.15, 0.2) is 6.10 Å². The Hall–Kier alpha value is -3.08. The van der Waals surface area contributed by atoms with E-state index in [2.05, 4.69) is 6.92 Å². The normalized spacial score (nSPS) is 12.0. The van der Waals surface area contributed by atoms with Crippen molar-refractivity contribution in [2.75, 3.05) is 7.11 Å². The quantitative estimate of drug-likeness (QED) is 0.479. The van der Waals surface area contributed by atoms with Gasteiger partial charge in [-0.2, -0.15) is 0 Å². The molecule has 0 fully saturated rings. The molecule has 0 unspecified atom stereocenters. The molecule has 0 amide bonds. The Balaban J connectivity index is 2.18. The van der Waals surface area contributed by atoms with Crippen LogP contribution >= 0.6 is 0 Å². The molecule has 0 aliphatic heterocycles. The Kier molecular flexibility index (Phi) is 5.60. The summed E-state index contributed by atoms with van der Waals surface area (Å²) in [5.74, 6) is 0.0626. The lowest BCUT2D eigenvalue weighted by Gasteiger charge is -2.17. The maximum absolute atomic E-state index is 12.1. The van der Waals surface area contributed by atoms with Crippen LogP contribution in [0.15, 0.2) is 57.7 Å². The summed E-state index contributed by atoms with van der Waals surface area (Å²) in [6.07, 6.45) is 0.922. The number of methoxy groups -OCH3 is 1. The third-order valence-corrected chi connectivity index (χ3v) is 4.37. The van der Waals surface area contributed by atoms with Crippen molar-refractivity contribution in [3.05, 3.63) is 64.5 Å². The third-order valence-electron chi connectivity index (χ3n) is 4.37. The van der Waals surface area contributed by atoms with Crippen molar-refractivity contribution in [2.24, 2.45) is 0 Å². The molecular formula is C22H22O5. The maximum Gasteiger partial charge on any atom is 0.346 e. The summed E-state index contributed by atoms with van der Waals surface area (Å²) in [5.41, 5.74) is 2.69. The van der Waals surface area contributed by atoms with E-state index in [1.807, 2.05) is 36.4 Å².